The van der Waals surface area contributed by atoms with Crippen LogP contribution in [0.25, 0.3) is 0 Å². The van der Waals surface area contributed by atoms with Crippen molar-refractivity contribution in [1.29, 1.82) is 0 Å². The van der Waals surface area contributed by atoms with E-state index in [2.05, 4.69) is 10.6 Å². The quantitative estimate of drug-likeness (QED) is 0.762. The van der Waals surface area contributed by atoms with Crippen molar-refractivity contribution in [3.05, 3.63) is 24.0 Å². The summed E-state index contributed by atoms with van der Waals surface area (Å²) in [6.45, 7) is 0. The zero-order valence-corrected chi connectivity index (χ0v) is 8.79. The summed E-state index contributed by atoms with van der Waals surface area (Å²) in [6, 6.07) is 4.82. The third kappa shape index (κ3) is 1.64. The van der Waals surface area contributed by atoms with Crippen molar-refractivity contribution >= 4 is 17.3 Å². The monoisotopic (exact) mass is 220 g/mol. The number of carbonyl (C=O) groups is 1. The zero-order chi connectivity index (χ0) is 11.1. The van der Waals surface area contributed by atoms with Gasteiger partial charge in [0, 0.05) is 12.5 Å². The molecule has 1 aromatic carbocycles. The lowest BCUT2D eigenvalue weighted by molar-refractivity contribution is -0.116. The Morgan fingerprint density at radius 1 is 1.31 bits per heavy atom. The van der Waals surface area contributed by atoms with Crippen molar-refractivity contribution in [3.8, 4) is 0 Å². The highest BCUT2D eigenvalue weighted by Gasteiger charge is 2.35. The summed E-state index contributed by atoms with van der Waals surface area (Å²) >= 11 is 0. The van der Waals surface area contributed by atoms with E-state index in [0.717, 1.165) is 12.8 Å². The fourth-order valence-corrected chi connectivity index (χ4v) is 2.20. The van der Waals surface area contributed by atoms with E-state index in [9.17, 15) is 9.18 Å². The summed E-state index contributed by atoms with van der Waals surface area (Å²) in [5, 5.41) is 5.90. The lowest BCUT2D eigenvalue weighted by atomic mass is 10.1. The molecule has 4 heteroatoms. The molecule has 3 nitrogen and oxygen atoms in total. The van der Waals surface area contributed by atoms with E-state index in [-0.39, 0.29) is 17.8 Å². The maximum atomic E-state index is 13.6. The fraction of sp³-hybridized carbons (Fsp3) is 0.417. The summed E-state index contributed by atoms with van der Waals surface area (Å²) in [6.07, 6.45) is 2.70. The minimum absolute atomic E-state index is 0.0336. The summed E-state index contributed by atoms with van der Waals surface area (Å²) in [4.78, 5) is 11.6. The Kier molecular flexibility index (Phi) is 2.09. The predicted octanol–water partition coefficient (Wildman–Crippen LogP) is 2.36. The summed E-state index contributed by atoms with van der Waals surface area (Å²) in [7, 11) is 0. The lowest BCUT2D eigenvalue weighted by Crippen LogP contribution is -2.24. The molecule has 0 bridgehead atoms. The molecule has 2 N–H and O–H groups in total. The Balaban J connectivity index is 1.98. The van der Waals surface area contributed by atoms with E-state index >= 15 is 0 Å². The summed E-state index contributed by atoms with van der Waals surface area (Å²) < 4.78 is 13.6. The lowest BCUT2D eigenvalue weighted by Gasteiger charge is -2.16. The fourth-order valence-electron chi connectivity index (χ4n) is 2.20. The first kappa shape index (κ1) is 9.63. The van der Waals surface area contributed by atoms with E-state index in [0.29, 0.717) is 23.7 Å². The molecule has 1 heterocycles. The number of fused-ring (bicyclic) bond motifs is 1. The molecule has 3 rings (SSSR count). The molecule has 1 aromatic rings. The maximum absolute atomic E-state index is 13.6. The number of nitrogens with one attached hydrogen (secondary N) is 2. The highest BCUT2D eigenvalue weighted by atomic mass is 19.1. The van der Waals surface area contributed by atoms with Gasteiger partial charge in [0.05, 0.1) is 11.4 Å². The van der Waals surface area contributed by atoms with Gasteiger partial charge in [0.25, 0.3) is 0 Å². The number of rotatable bonds is 1. The second-order valence-electron chi connectivity index (χ2n) is 4.50. The Labute approximate surface area is 93.0 Å². The van der Waals surface area contributed by atoms with Gasteiger partial charge in [-0.3, -0.25) is 4.79 Å². The van der Waals surface area contributed by atoms with Crippen LogP contribution in [0.1, 0.15) is 19.3 Å². The average molecular weight is 220 g/mol. The van der Waals surface area contributed by atoms with Gasteiger partial charge in [-0.1, -0.05) is 6.07 Å². The second kappa shape index (κ2) is 3.47. The Morgan fingerprint density at radius 2 is 2.12 bits per heavy atom. The summed E-state index contributed by atoms with van der Waals surface area (Å²) in [5.41, 5.74) is 0.985. The van der Waals surface area contributed by atoms with Crippen LogP contribution in [-0.2, 0) is 4.79 Å². The largest absolute Gasteiger partial charge is 0.377 e. The Hall–Kier alpha value is -1.58. The van der Waals surface area contributed by atoms with Gasteiger partial charge < -0.3 is 10.6 Å². The number of carbonyl (C=O) groups excluding carboxylic acids is 1. The van der Waals surface area contributed by atoms with Crippen LogP contribution in [0.5, 0.6) is 0 Å². The van der Waals surface area contributed by atoms with Gasteiger partial charge in [0.2, 0.25) is 5.91 Å². The van der Waals surface area contributed by atoms with Gasteiger partial charge in [-0.05, 0) is 30.9 Å². The first-order valence-corrected chi connectivity index (χ1v) is 5.59. The Morgan fingerprint density at radius 3 is 2.88 bits per heavy atom. The number of para-hydroxylation sites is 1. The number of amides is 1. The van der Waals surface area contributed by atoms with Crippen LogP contribution in [0.3, 0.4) is 0 Å². The molecule has 1 amide bonds. The van der Waals surface area contributed by atoms with Crippen LogP contribution in [0, 0.1) is 11.7 Å². The molecule has 1 unspecified atom stereocenters. The van der Waals surface area contributed by atoms with Crippen LogP contribution in [0.2, 0.25) is 0 Å². The van der Waals surface area contributed by atoms with Crippen LogP contribution < -0.4 is 10.6 Å². The van der Waals surface area contributed by atoms with Gasteiger partial charge in [-0.2, -0.15) is 0 Å². The number of benzene rings is 1. The minimum Gasteiger partial charge on any atom is -0.377 e. The van der Waals surface area contributed by atoms with Crippen molar-refractivity contribution in [3.63, 3.8) is 0 Å². The summed E-state index contributed by atoms with van der Waals surface area (Å²) in [5.74, 6) is 0.190. The third-order valence-electron chi connectivity index (χ3n) is 3.21. The van der Waals surface area contributed by atoms with Crippen LogP contribution in [0.15, 0.2) is 18.2 Å². The van der Waals surface area contributed by atoms with E-state index < -0.39 is 0 Å². The van der Waals surface area contributed by atoms with Crippen molar-refractivity contribution in [2.75, 3.05) is 10.6 Å². The molecule has 0 aromatic heterocycles. The topological polar surface area (TPSA) is 41.1 Å². The van der Waals surface area contributed by atoms with Crippen LogP contribution in [0.4, 0.5) is 15.8 Å². The minimum atomic E-state index is -0.301. The molecule has 1 atom stereocenters. The van der Waals surface area contributed by atoms with Crippen molar-refractivity contribution < 1.29 is 9.18 Å². The number of hydrogen-bond donors (Lipinski definition) is 2. The SMILES string of the molecule is O=C1CC(C2CC2)Nc2c(F)cccc2N1. The maximum Gasteiger partial charge on any atom is 0.226 e. The van der Waals surface area contributed by atoms with Gasteiger partial charge in [-0.15, -0.1) is 0 Å². The average Bonchev–Trinajstić information content (AvgIpc) is 3.02. The molecule has 0 radical (unpaired) electrons. The molecule has 0 saturated heterocycles. The molecular weight excluding hydrogens is 207 g/mol. The molecule has 2 aliphatic rings. The van der Waals surface area contributed by atoms with E-state index in [1.165, 1.54) is 6.07 Å². The van der Waals surface area contributed by atoms with E-state index in [1.54, 1.807) is 12.1 Å². The molecule has 1 aliphatic carbocycles. The van der Waals surface area contributed by atoms with Crippen molar-refractivity contribution in [2.24, 2.45) is 5.92 Å². The number of hydrogen-bond acceptors (Lipinski definition) is 2. The first-order chi connectivity index (χ1) is 7.74. The van der Waals surface area contributed by atoms with Gasteiger partial charge in [0.1, 0.15) is 5.82 Å². The number of anilines is 2. The van der Waals surface area contributed by atoms with Crippen LogP contribution >= 0.6 is 0 Å². The Bertz CT molecular complexity index is 443. The van der Waals surface area contributed by atoms with Crippen molar-refractivity contribution in [1.82, 2.24) is 0 Å². The zero-order valence-electron chi connectivity index (χ0n) is 8.79. The normalized spacial score (nSPS) is 24.1. The van der Waals surface area contributed by atoms with Gasteiger partial charge >= 0.3 is 0 Å². The van der Waals surface area contributed by atoms with Crippen LogP contribution in [-0.4, -0.2) is 11.9 Å². The second-order valence-corrected chi connectivity index (χ2v) is 4.50. The molecule has 1 saturated carbocycles. The molecule has 1 fully saturated rings. The van der Waals surface area contributed by atoms with Gasteiger partial charge in [0.15, 0.2) is 0 Å². The predicted molar refractivity (Wildman–Crippen MR) is 59.8 cm³/mol. The third-order valence-corrected chi connectivity index (χ3v) is 3.21. The van der Waals surface area contributed by atoms with E-state index in [1.807, 2.05) is 0 Å². The first-order valence-electron chi connectivity index (χ1n) is 5.59. The smallest absolute Gasteiger partial charge is 0.226 e. The standard InChI is InChI=1S/C12H13FN2O/c13-8-2-1-3-9-12(8)15-10(7-4-5-7)6-11(16)14-9/h1-3,7,10,15H,4-6H2,(H,14,16). The highest BCUT2D eigenvalue weighted by molar-refractivity contribution is 5.96. The molecule has 1 aliphatic heterocycles. The number of halogens is 1. The highest BCUT2D eigenvalue weighted by Crippen LogP contribution is 2.39. The molecule has 16 heavy (non-hydrogen) atoms. The molecule has 0 spiro atoms. The van der Waals surface area contributed by atoms with Crippen molar-refractivity contribution in [2.45, 2.75) is 25.3 Å². The van der Waals surface area contributed by atoms with E-state index in [4.69, 9.17) is 0 Å². The molecular formula is C12H13FN2O. The van der Waals surface area contributed by atoms with Gasteiger partial charge in [-0.25, -0.2) is 4.39 Å². The molecule has 84 valence electrons.